The van der Waals surface area contributed by atoms with Crippen LogP contribution in [0.15, 0.2) is 48.5 Å². The first-order valence-electron chi connectivity index (χ1n) is 9.66. The highest BCUT2D eigenvalue weighted by Crippen LogP contribution is 2.27. The van der Waals surface area contributed by atoms with Crippen LogP contribution in [0, 0.1) is 0 Å². The lowest BCUT2D eigenvalue weighted by atomic mass is 10.1. The van der Waals surface area contributed by atoms with Crippen LogP contribution in [-0.4, -0.2) is 61.4 Å². The highest BCUT2D eigenvalue weighted by molar-refractivity contribution is 6.31. The van der Waals surface area contributed by atoms with Gasteiger partial charge in [0.05, 0.1) is 25.5 Å². The van der Waals surface area contributed by atoms with Crippen LogP contribution < -0.4 is 14.4 Å². The number of H-pyrrole nitrogens is 1. The summed E-state index contributed by atoms with van der Waals surface area (Å²) in [5.41, 5.74) is 2.46. The van der Waals surface area contributed by atoms with Gasteiger partial charge in [0.1, 0.15) is 11.5 Å². The summed E-state index contributed by atoms with van der Waals surface area (Å²) < 4.78 is 10.5. The van der Waals surface area contributed by atoms with Crippen molar-refractivity contribution >= 4 is 23.3 Å². The molecule has 1 fully saturated rings. The minimum absolute atomic E-state index is 0.0741. The summed E-state index contributed by atoms with van der Waals surface area (Å²) in [5.74, 6) is 2.14. The molecule has 156 valence electrons. The average molecular weight is 427 g/mol. The fraction of sp³-hybridized carbons (Fsp3) is 0.273. The summed E-state index contributed by atoms with van der Waals surface area (Å²) in [6.45, 7) is 2.58. The Labute approximate surface area is 180 Å². The predicted octanol–water partition coefficient (Wildman–Crippen LogP) is 3.71. The van der Waals surface area contributed by atoms with Crippen LogP contribution in [0.4, 0.5) is 5.82 Å². The van der Waals surface area contributed by atoms with Gasteiger partial charge in [0.25, 0.3) is 5.91 Å². The lowest BCUT2D eigenvalue weighted by Gasteiger charge is -2.35. The summed E-state index contributed by atoms with van der Waals surface area (Å²) in [5, 5.41) is 8.06. The Hall–Kier alpha value is -3.19. The number of rotatable bonds is 5. The molecular weight excluding hydrogens is 404 g/mol. The molecule has 4 rings (SSSR count). The average Bonchev–Trinajstić information content (AvgIpc) is 3.29. The Bertz CT molecular complexity index is 1030. The SMILES string of the molecule is COc1ccc(-c2cc(N3CCN(C(=O)c4cc(Cl)ccc4OC)CC3)n[nH]2)cc1. The Balaban J connectivity index is 1.42. The van der Waals surface area contributed by atoms with Gasteiger partial charge in [0.2, 0.25) is 0 Å². The lowest BCUT2D eigenvalue weighted by molar-refractivity contribution is 0.0743. The molecule has 2 aromatic carbocycles. The molecular formula is C22H23ClN4O3. The van der Waals surface area contributed by atoms with Gasteiger partial charge < -0.3 is 19.3 Å². The number of ether oxygens (including phenoxy) is 2. The zero-order valence-corrected chi connectivity index (χ0v) is 17.6. The highest BCUT2D eigenvalue weighted by Gasteiger charge is 2.25. The number of methoxy groups -OCH3 is 2. The van der Waals surface area contributed by atoms with Gasteiger partial charge >= 0.3 is 0 Å². The minimum atomic E-state index is -0.0741. The van der Waals surface area contributed by atoms with Crippen LogP contribution in [0.3, 0.4) is 0 Å². The molecule has 1 N–H and O–H groups in total. The van der Waals surface area contributed by atoms with Gasteiger partial charge in [-0.05, 0) is 48.0 Å². The molecule has 1 amide bonds. The van der Waals surface area contributed by atoms with Crippen molar-refractivity contribution in [1.29, 1.82) is 0 Å². The molecule has 8 heteroatoms. The molecule has 0 radical (unpaired) electrons. The third-order valence-electron chi connectivity index (χ3n) is 5.25. The minimum Gasteiger partial charge on any atom is -0.497 e. The van der Waals surface area contributed by atoms with E-state index in [1.807, 2.05) is 35.2 Å². The zero-order valence-electron chi connectivity index (χ0n) is 16.9. The second-order valence-corrected chi connectivity index (χ2v) is 7.43. The maximum absolute atomic E-state index is 13.0. The molecule has 30 heavy (non-hydrogen) atoms. The van der Waals surface area contributed by atoms with Crippen LogP contribution in [-0.2, 0) is 0 Å². The van der Waals surface area contributed by atoms with Crippen molar-refractivity contribution in [3.8, 4) is 22.8 Å². The topological polar surface area (TPSA) is 70.7 Å². The Morgan fingerprint density at radius 3 is 2.40 bits per heavy atom. The van der Waals surface area contributed by atoms with Crippen molar-refractivity contribution in [1.82, 2.24) is 15.1 Å². The largest absolute Gasteiger partial charge is 0.497 e. The molecule has 1 aliphatic rings. The number of aromatic nitrogens is 2. The molecule has 1 saturated heterocycles. The maximum atomic E-state index is 13.0. The van der Waals surface area contributed by atoms with Gasteiger partial charge in [-0.15, -0.1) is 0 Å². The molecule has 0 atom stereocenters. The second kappa shape index (κ2) is 8.67. The number of anilines is 1. The van der Waals surface area contributed by atoms with E-state index in [2.05, 4.69) is 15.1 Å². The van der Waals surface area contributed by atoms with Gasteiger partial charge in [0, 0.05) is 37.3 Å². The van der Waals surface area contributed by atoms with Gasteiger partial charge in [-0.3, -0.25) is 9.89 Å². The normalized spacial score (nSPS) is 14.0. The van der Waals surface area contributed by atoms with E-state index in [1.54, 1.807) is 32.4 Å². The number of hydrogen-bond donors (Lipinski definition) is 1. The zero-order chi connectivity index (χ0) is 21.1. The molecule has 3 aromatic rings. The molecule has 1 aliphatic heterocycles. The van der Waals surface area contributed by atoms with E-state index in [4.69, 9.17) is 21.1 Å². The molecule has 1 aromatic heterocycles. The molecule has 0 saturated carbocycles. The summed E-state index contributed by atoms with van der Waals surface area (Å²) in [7, 11) is 3.20. The molecule has 0 unspecified atom stereocenters. The third kappa shape index (κ3) is 4.07. The van der Waals surface area contributed by atoms with E-state index in [-0.39, 0.29) is 5.91 Å². The number of benzene rings is 2. The number of halogens is 1. The number of nitrogens with zero attached hydrogens (tertiary/aromatic N) is 3. The summed E-state index contributed by atoms with van der Waals surface area (Å²) in [4.78, 5) is 16.9. The Morgan fingerprint density at radius 2 is 1.73 bits per heavy atom. The number of hydrogen-bond acceptors (Lipinski definition) is 5. The number of nitrogens with one attached hydrogen (secondary N) is 1. The molecule has 2 heterocycles. The van der Waals surface area contributed by atoms with E-state index < -0.39 is 0 Å². The Kier molecular flexibility index (Phi) is 5.81. The van der Waals surface area contributed by atoms with Crippen molar-refractivity contribution in [2.24, 2.45) is 0 Å². The van der Waals surface area contributed by atoms with E-state index in [0.717, 1.165) is 22.8 Å². The van der Waals surface area contributed by atoms with Crippen LogP contribution >= 0.6 is 11.6 Å². The molecule has 7 nitrogen and oxygen atoms in total. The lowest BCUT2D eigenvalue weighted by Crippen LogP contribution is -2.49. The van der Waals surface area contributed by atoms with Crippen molar-refractivity contribution in [3.05, 3.63) is 59.1 Å². The number of aromatic amines is 1. The van der Waals surface area contributed by atoms with Crippen molar-refractivity contribution < 1.29 is 14.3 Å². The maximum Gasteiger partial charge on any atom is 0.257 e. The first-order valence-corrected chi connectivity index (χ1v) is 10.0. The van der Waals surface area contributed by atoms with Crippen LogP contribution in [0.1, 0.15) is 10.4 Å². The van der Waals surface area contributed by atoms with Gasteiger partial charge in [0.15, 0.2) is 5.82 Å². The molecule has 0 bridgehead atoms. The van der Waals surface area contributed by atoms with E-state index in [1.165, 1.54) is 0 Å². The quantitative estimate of drug-likeness (QED) is 0.673. The second-order valence-electron chi connectivity index (χ2n) is 6.99. The van der Waals surface area contributed by atoms with E-state index >= 15 is 0 Å². The summed E-state index contributed by atoms with van der Waals surface area (Å²) in [6, 6.07) is 14.9. The fourth-order valence-electron chi connectivity index (χ4n) is 3.55. The standard InChI is InChI=1S/C22H23ClN4O3/c1-29-17-6-3-15(4-7-17)19-14-21(25-24-19)26-9-11-27(12-10-26)22(28)18-13-16(23)5-8-20(18)30-2/h3-8,13-14H,9-12H2,1-2H3,(H,24,25). The van der Waals surface area contributed by atoms with Crippen LogP contribution in [0.2, 0.25) is 5.02 Å². The first kappa shape index (κ1) is 20.1. The highest BCUT2D eigenvalue weighted by atomic mass is 35.5. The smallest absolute Gasteiger partial charge is 0.257 e. The number of carbonyl (C=O) groups is 1. The number of piperazine rings is 1. The summed E-state index contributed by atoms with van der Waals surface area (Å²) >= 11 is 6.08. The first-order chi connectivity index (χ1) is 14.6. The predicted molar refractivity (Wildman–Crippen MR) is 117 cm³/mol. The van der Waals surface area contributed by atoms with Gasteiger partial charge in [-0.25, -0.2) is 0 Å². The molecule has 0 spiro atoms. The molecule has 0 aliphatic carbocycles. The third-order valence-corrected chi connectivity index (χ3v) is 5.48. The van der Waals surface area contributed by atoms with Gasteiger partial charge in [-0.1, -0.05) is 11.6 Å². The summed E-state index contributed by atoms with van der Waals surface area (Å²) in [6.07, 6.45) is 0. The monoisotopic (exact) mass is 426 g/mol. The van der Waals surface area contributed by atoms with Crippen molar-refractivity contribution in [2.45, 2.75) is 0 Å². The van der Waals surface area contributed by atoms with Gasteiger partial charge in [-0.2, -0.15) is 5.10 Å². The Morgan fingerprint density at radius 1 is 1.00 bits per heavy atom. The fourth-order valence-corrected chi connectivity index (χ4v) is 3.72. The van der Waals surface area contributed by atoms with Crippen molar-refractivity contribution in [3.63, 3.8) is 0 Å². The van der Waals surface area contributed by atoms with E-state index in [9.17, 15) is 4.79 Å². The number of amides is 1. The van der Waals surface area contributed by atoms with Crippen molar-refractivity contribution in [2.75, 3.05) is 45.3 Å². The van der Waals surface area contributed by atoms with E-state index in [0.29, 0.717) is 42.5 Å². The van der Waals surface area contributed by atoms with Crippen LogP contribution in [0.5, 0.6) is 11.5 Å². The number of carbonyl (C=O) groups excluding carboxylic acids is 1. The van der Waals surface area contributed by atoms with Crippen LogP contribution in [0.25, 0.3) is 11.3 Å².